The van der Waals surface area contributed by atoms with Crippen molar-refractivity contribution in [2.45, 2.75) is 31.8 Å². The van der Waals surface area contributed by atoms with E-state index in [-0.39, 0.29) is 5.91 Å². The number of imidazole rings is 1. The first-order valence-corrected chi connectivity index (χ1v) is 8.99. The lowest BCUT2D eigenvalue weighted by atomic mass is 9.86. The van der Waals surface area contributed by atoms with E-state index in [1.165, 1.54) is 0 Å². The molecule has 1 aliphatic heterocycles. The predicted molar refractivity (Wildman–Crippen MR) is 97.8 cm³/mol. The van der Waals surface area contributed by atoms with E-state index in [0.29, 0.717) is 18.7 Å². The number of carbonyl (C=O) groups excluding carboxylic acids is 1. The van der Waals surface area contributed by atoms with E-state index >= 15 is 0 Å². The molecule has 1 aliphatic rings. The van der Waals surface area contributed by atoms with Crippen LogP contribution >= 0.6 is 0 Å². The van der Waals surface area contributed by atoms with Crippen LogP contribution in [0.3, 0.4) is 0 Å². The Morgan fingerprint density at radius 2 is 2.15 bits per heavy atom. The van der Waals surface area contributed by atoms with Crippen LogP contribution in [0.2, 0.25) is 0 Å². The number of nitrogens with zero attached hydrogens (tertiary/aromatic N) is 6. The first kappa shape index (κ1) is 17.5. The van der Waals surface area contributed by atoms with Gasteiger partial charge in [0.2, 0.25) is 0 Å². The zero-order valence-electron chi connectivity index (χ0n) is 15.5. The Bertz CT molecular complexity index is 904. The van der Waals surface area contributed by atoms with Crippen LogP contribution in [0.15, 0.2) is 41.6 Å². The molecule has 1 saturated heterocycles. The molecule has 142 valence electrons. The molecular formula is C18H23N7O2. The second-order valence-corrected chi connectivity index (χ2v) is 7.04. The van der Waals surface area contributed by atoms with Crippen molar-refractivity contribution in [2.75, 3.05) is 18.4 Å². The Balaban J connectivity index is 1.50. The maximum atomic E-state index is 13.2. The molecule has 0 saturated carbocycles. The molecule has 1 fully saturated rings. The lowest BCUT2D eigenvalue weighted by Gasteiger charge is -2.41. The van der Waals surface area contributed by atoms with Gasteiger partial charge in [0.05, 0.1) is 12.0 Å². The highest BCUT2D eigenvalue weighted by atomic mass is 16.5. The molecule has 4 heterocycles. The van der Waals surface area contributed by atoms with E-state index in [9.17, 15) is 4.79 Å². The summed E-state index contributed by atoms with van der Waals surface area (Å²) >= 11 is 0. The van der Waals surface area contributed by atoms with Crippen molar-refractivity contribution in [3.8, 4) is 0 Å². The number of amides is 1. The van der Waals surface area contributed by atoms with Crippen molar-refractivity contribution in [1.29, 1.82) is 0 Å². The lowest BCUT2D eigenvalue weighted by molar-refractivity contribution is -0.127. The molecule has 3 aromatic heterocycles. The van der Waals surface area contributed by atoms with Gasteiger partial charge in [0, 0.05) is 57.4 Å². The number of nitrogens with one attached hydrogen (secondary N) is 1. The fraction of sp³-hybridized carbons (Fsp3) is 0.444. The zero-order valence-corrected chi connectivity index (χ0v) is 15.5. The molecule has 4 rings (SSSR count). The topological polar surface area (TPSA) is 94.0 Å². The summed E-state index contributed by atoms with van der Waals surface area (Å²) in [6.45, 7) is 4.16. The van der Waals surface area contributed by atoms with Gasteiger partial charge in [-0.1, -0.05) is 5.16 Å². The van der Waals surface area contributed by atoms with Crippen LogP contribution in [0, 0.1) is 6.92 Å². The van der Waals surface area contributed by atoms with Crippen LogP contribution in [-0.4, -0.2) is 48.4 Å². The predicted octanol–water partition coefficient (Wildman–Crippen LogP) is 1.54. The number of rotatable bonds is 5. The van der Waals surface area contributed by atoms with Gasteiger partial charge in [-0.3, -0.25) is 14.4 Å². The van der Waals surface area contributed by atoms with Crippen molar-refractivity contribution in [3.63, 3.8) is 0 Å². The third kappa shape index (κ3) is 3.50. The Morgan fingerprint density at radius 3 is 2.74 bits per heavy atom. The number of piperidine rings is 1. The van der Waals surface area contributed by atoms with Gasteiger partial charge in [-0.15, -0.1) is 0 Å². The van der Waals surface area contributed by atoms with Crippen LogP contribution in [-0.2, 0) is 23.9 Å². The van der Waals surface area contributed by atoms with Crippen molar-refractivity contribution in [1.82, 2.24) is 29.4 Å². The molecule has 0 bridgehead atoms. The summed E-state index contributed by atoms with van der Waals surface area (Å²) < 4.78 is 8.74. The molecule has 0 radical (unpaired) electrons. The number of aromatic nitrogens is 5. The molecule has 0 aromatic carbocycles. The highest BCUT2D eigenvalue weighted by molar-refractivity contribution is 5.96. The molecule has 1 N–H and O–H groups in total. The SMILES string of the molecule is Cc1cc(CN2CCC(C(=O)Nc3ccn(C)n3)(n3ccnc3)CC2)no1. The minimum absolute atomic E-state index is 0.0591. The van der Waals surface area contributed by atoms with E-state index in [0.717, 1.165) is 31.1 Å². The maximum absolute atomic E-state index is 13.2. The van der Waals surface area contributed by atoms with Gasteiger partial charge in [0.25, 0.3) is 5.91 Å². The van der Waals surface area contributed by atoms with Crippen LogP contribution in [0.1, 0.15) is 24.3 Å². The van der Waals surface area contributed by atoms with Gasteiger partial charge >= 0.3 is 0 Å². The molecule has 3 aromatic rings. The molecule has 9 nitrogen and oxygen atoms in total. The normalized spacial score (nSPS) is 17.1. The van der Waals surface area contributed by atoms with E-state index in [1.54, 1.807) is 23.3 Å². The fourth-order valence-corrected chi connectivity index (χ4v) is 3.63. The number of carbonyl (C=O) groups is 1. The summed E-state index contributed by atoms with van der Waals surface area (Å²) in [6, 6.07) is 3.74. The summed E-state index contributed by atoms with van der Waals surface area (Å²) in [6.07, 6.45) is 8.45. The first-order chi connectivity index (χ1) is 13.0. The van der Waals surface area contributed by atoms with Gasteiger partial charge in [-0.25, -0.2) is 4.98 Å². The van der Waals surface area contributed by atoms with Crippen LogP contribution in [0.25, 0.3) is 0 Å². The largest absolute Gasteiger partial charge is 0.361 e. The standard InChI is InChI=1S/C18H23N7O2/c1-14-11-15(22-27-14)12-24-8-4-18(5-9-24,25-10-6-19-13-25)17(26)20-16-3-7-23(2)21-16/h3,6-7,10-11,13H,4-5,8-9,12H2,1-2H3,(H,20,21,26). The smallest absolute Gasteiger partial charge is 0.251 e. The summed E-state index contributed by atoms with van der Waals surface area (Å²) in [4.78, 5) is 19.7. The van der Waals surface area contributed by atoms with Gasteiger partial charge in [-0.2, -0.15) is 5.10 Å². The molecule has 0 aliphatic carbocycles. The number of hydrogen-bond acceptors (Lipinski definition) is 6. The van der Waals surface area contributed by atoms with Gasteiger partial charge < -0.3 is 14.4 Å². The van der Waals surface area contributed by atoms with Gasteiger partial charge in [-0.05, 0) is 19.8 Å². The number of likely N-dealkylation sites (tertiary alicyclic amines) is 1. The number of anilines is 1. The summed E-state index contributed by atoms with van der Waals surface area (Å²) in [7, 11) is 1.82. The average molecular weight is 369 g/mol. The zero-order chi connectivity index (χ0) is 18.9. The third-order valence-corrected chi connectivity index (χ3v) is 5.12. The Morgan fingerprint density at radius 1 is 1.33 bits per heavy atom. The maximum Gasteiger partial charge on any atom is 0.251 e. The minimum atomic E-state index is -0.676. The second kappa shape index (κ2) is 6.99. The van der Waals surface area contributed by atoms with E-state index < -0.39 is 5.54 Å². The second-order valence-electron chi connectivity index (χ2n) is 7.04. The van der Waals surface area contributed by atoms with Crippen LogP contribution in [0.5, 0.6) is 0 Å². The van der Waals surface area contributed by atoms with Gasteiger partial charge in [0.15, 0.2) is 5.82 Å². The Kier molecular flexibility index (Phi) is 4.53. The summed E-state index contributed by atoms with van der Waals surface area (Å²) in [5.74, 6) is 1.31. The molecule has 27 heavy (non-hydrogen) atoms. The Labute approximate surface area is 157 Å². The highest BCUT2D eigenvalue weighted by Gasteiger charge is 2.43. The lowest BCUT2D eigenvalue weighted by Crippen LogP contribution is -2.52. The highest BCUT2D eigenvalue weighted by Crippen LogP contribution is 2.32. The molecule has 0 unspecified atom stereocenters. The van der Waals surface area contributed by atoms with Crippen molar-refractivity contribution >= 4 is 11.7 Å². The first-order valence-electron chi connectivity index (χ1n) is 8.99. The van der Waals surface area contributed by atoms with Crippen LogP contribution < -0.4 is 5.32 Å². The number of hydrogen-bond donors (Lipinski definition) is 1. The molecule has 0 atom stereocenters. The molecule has 0 spiro atoms. The van der Waals surface area contributed by atoms with Crippen molar-refractivity contribution in [2.24, 2.45) is 7.05 Å². The third-order valence-electron chi connectivity index (χ3n) is 5.12. The monoisotopic (exact) mass is 369 g/mol. The fourth-order valence-electron chi connectivity index (χ4n) is 3.63. The molecular weight excluding hydrogens is 346 g/mol. The summed E-state index contributed by atoms with van der Waals surface area (Å²) in [5, 5.41) is 11.3. The quantitative estimate of drug-likeness (QED) is 0.733. The van der Waals surface area contributed by atoms with E-state index in [2.05, 4.69) is 25.5 Å². The van der Waals surface area contributed by atoms with Gasteiger partial charge in [0.1, 0.15) is 11.3 Å². The van der Waals surface area contributed by atoms with E-state index in [4.69, 9.17) is 4.52 Å². The summed E-state index contributed by atoms with van der Waals surface area (Å²) in [5.41, 5.74) is 0.241. The molecule has 9 heteroatoms. The molecule has 1 amide bonds. The minimum Gasteiger partial charge on any atom is -0.361 e. The average Bonchev–Trinajstić information content (AvgIpc) is 3.39. The van der Waals surface area contributed by atoms with E-state index in [1.807, 2.05) is 37.0 Å². The van der Waals surface area contributed by atoms with Crippen LogP contribution in [0.4, 0.5) is 5.82 Å². The van der Waals surface area contributed by atoms with Crippen molar-refractivity contribution in [3.05, 3.63) is 48.5 Å². The van der Waals surface area contributed by atoms with Crippen molar-refractivity contribution < 1.29 is 9.32 Å². The number of aryl methyl sites for hydroxylation is 2. The Hall–Kier alpha value is -2.94.